The molecule has 1 atom stereocenters. The van der Waals surface area contributed by atoms with Crippen LogP contribution in [0.1, 0.15) is 19.0 Å². The van der Waals surface area contributed by atoms with Crippen LogP contribution < -0.4 is 5.73 Å². The zero-order chi connectivity index (χ0) is 11.7. The first kappa shape index (κ1) is 11.2. The number of anilines is 1. The lowest BCUT2D eigenvalue weighted by Crippen LogP contribution is -2.25. The summed E-state index contributed by atoms with van der Waals surface area (Å²) in [6.45, 7) is 3.28. The van der Waals surface area contributed by atoms with E-state index in [4.69, 9.17) is 17.3 Å². The third kappa shape index (κ3) is 2.27. The Morgan fingerprint density at radius 1 is 1.62 bits per heavy atom. The molecule has 1 fully saturated rings. The smallest absolute Gasteiger partial charge is 0.223 e. The Morgan fingerprint density at radius 3 is 3.00 bits per heavy atom. The van der Waals surface area contributed by atoms with Crippen LogP contribution in [0.15, 0.2) is 12.1 Å². The number of amides is 1. The second-order valence-electron chi connectivity index (χ2n) is 4.25. The van der Waals surface area contributed by atoms with Crippen LogP contribution in [0, 0.1) is 5.92 Å². The minimum Gasteiger partial charge on any atom is -0.384 e. The molecule has 1 unspecified atom stereocenters. The van der Waals surface area contributed by atoms with E-state index in [1.54, 1.807) is 17.0 Å². The Labute approximate surface area is 99.4 Å². The fourth-order valence-electron chi connectivity index (χ4n) is 1.92. The first-order valence-electron chi connectivity index (χ1n) is 5.25. The van der Waals surface area contributed by atoms with Gasteiger partial charge in [-0.1, -0.05) is 18.5 Å². The highest BCUT2D eigenvalue weighted by Gasteiger charge is 2.27. The highest BCUT2D eigenvalue weighted by atomic mass is 35.5. The molecule has 0 bridgehead atoms. The highest BCUT2D eigenvalue weighted by molar-refractivity contribution is 6.31. The van der Waals surface area contributed by atoms with Gasteiger partial charge in [0.25, 0.3) is 0 Å². The summed E-state index contributed by atoms with van der Waals surface area (Å²) < 4.78 is 0. The van der Waals surface area contributed by atoms with E-state index in [9.17, 15) is 4.79 Å². The van der Waals surface area contributed by atoms with Crippen molar-refractivity contribution in [2.24, 2.45) is 5.92 Å². The largest absolute Gasteiger partial charge is 0.384 e. The SMILES string of the molecule is CC1CC(=O)N(Cc2nc(N)ccc2Cl)C1. The number of halogens is 1. The Morgan fingerprint density at radius 2 is 2.38 bits per heavy atom. The molecule has 1 aliphatic heterocycles. The number of carbonyl (C=O) groups is 1. The zero-order valence-electron chi connectivity index (χ0n) is 9.11. The average molecular weight is 240 g/mol. The summed E-state index contributed by atoms with van der Waals surface area (Å²) in [7, 11) is 0. The van der Waals surface area contributed by atoms with Gasteiger partial charge < -0.3 is 10.6 Å². The number of likely N-dealkylation sites (tertiary alicyclic amines) is 1. The Balaban J connectivity index is 2.15. The van der Waals surface area contributed by atoms with Crippen molar-refractivity contribution in [3.05, 3.63) is 22.8 Å². The summed E-state index contributed by atoms with van der Waals surface area (Å²) in [5.74, 6) is 0.999. The van der Waals surface area contributed by atoms with E-state index < -0.39 is 0 Å². The fourth-order valence-corrected chi connectivity index (χ4v) is 2.08. The third-order valence-corrected chi connectivity index (χ3v) is 3.03. The molecule has 1 aromatic rings. The molecule has 2 rings (SSSR count). The minimum absolute atomic E-state index is 0.160. The van der Waals surface area contributed by atoms with Gasteiger partial charge in [-0.2, -0.15) is 0 Å². The van der Waals surface area contributed by atoms with Gasteiger partial charge in [-0.3, -0.25) is 4.79 Å². The number of nitrogens with zero attached hydrogens (tertiary/aromatic N) is 2. The van der Waals surface area contributed by atoms with Crippen molar-refractivity contribution in [3.8, 4) is 0 Å². The van der Waals surface area contributed by atoms with E-state index in [1.165, 1.54) is 0 Å². The van der Waals surface area contributed by atoms with Gasteiger partial charge >= 0.3 is 0 Å². The van der Waals surface area contributed by atoms with Gasteiger partial charge in [0.2, 0.25) is 5.91 Å². The zero-order valence-corrected chi connectivity index (χ0v) is 9.87. The number of hydrogen-bond donors (Lipinski definition) is 1. The normalized spacial score (nSPS) is 20.5. The van der Waals surface area contributed by atoms with Crippen molar-refractivity contribution in [1.82, 2.24) is 9.88 Å². The van der Waals surface area contributed by atoms with E-state index in [0.717, 1.165) is 6.54 Å². The van der Waals surface area contributed by atoms with Crippen molar-refractivity contribution in [3.63, 3.8) is 0 Å². The lowest BCUT2D eigenvalue weighted by molar-refractivity contribution is -0.128. The molecule has 5 heteroatoms. The predicted octanol–water partition coefficient (Wildman–Crippen LogP) is 1.69. The molecular weight excluding hydrogens is 226 g/mol. The number of hydrogen-bond acceptors (Lipinski definition) is 3. The van der Waals surface area contributed by atoms with Crippen molar-refractivity contribution in [1.29, 1.82) is 0 Å². The molecule has 1 amide bonds. The van der Waals surface area contributed by atoms with E-state index in [2.05, 4.69) is 11.9 Å². The molecule has 2 heterocycles. The molecule has 0 aromatic carbocycles. The number of pyridine rings is 1. The van der Waals surface area contributed by atoms with Gasteiger partial charge in [0.15, 0.2) is 0 Å². The maximum absolute atomic E-state index is 11.6. The summed E-state index contributed by atoms with van der Waals surface area (Å²) in [4.78, 5) is 17.5. The summed E-state index contributed by atoms with van der Waals surface area (Å²) in [5.41, 5.74) is 6.26. The van der Waals surface area contributed by atoms with Gasteiger partial charge in [0.05, 0.1) is 17.3 Å². The van der Waals surface area contributed by atoms with Crippen molar-refractivity contribution < 1.29 is 4.79 Å². The Bertz CT molecular complexity index is 422. The van der Waals surface area contributed by atoms with Crippen LogP contribution >= 0.6 is 11.6 Å². The highest BCUT2D eigenvalue weighted by Crippen LogP contribution is 2.22. The summed E-state index contributed by atoms with van der Waals surface area (Å²) in [6.07, 6.45) is 0.611. The maximum Gasteiger partial charge on any atom is 0.223 e. The second-order valence-corrected chi connectivity index (χ2v) is 4.66. The van der Waals surface area contributed by atoms with Crippen molar-refractivity contribution >= 4 is 23.3 Å². The van der Waals surface area contributed by atoms with E-state index >= 15 is 0 Å². The van der Waals surface area contributed by atoms with Crippen molar-refractivity contribution in [2.45, 2.75) is 19.9 Å². The van der Waals surface area contributed by atoms with E-state index in [1.807, 2.05) is 0 Å². The Hall–Kier alpha value is -1.29. The maximum atomic E-state index is 11.6. The van der Waals surface area contributed by atoms with Crippen LogP contribution in [0.5, 0.6) is 0 Å². The molecule has 2 N–H and O–H groups in total. The molecule has 1 saturated heterocycles. The average Bonchev–Trinajstić information content (AvgIpc) is 2.51. The van der Waals surface area contributed by atoms with E-state index in [0.29, 0.717) is 35.4 Å². The van der Waals surface area contributed by atoms with Crippen LogP contribution in [0.3, 0.4) is 0 Å². The minimum atomic E-state index is 0.160. The lowest BCUT2D eigenvalue weighted by Gasteiger charge is -2.16. The van der Waals surface area contributed by atoms with Gasteiger partial charge in [0, 0.05) is 13.0 Å². The number of carbonyl (C=O) groups excluding carboxylic acids is 1. The van der Waals surface area contributed by atoms with Crippen LogP contribution in [0.2, 0.25) is 5.02 Å². The molecule has 16 heavy (non-hydrogen) atoms. The number of aromatic nitrogens is 1. The first-order valence-corrected chi connectivity index (χ1v) is 5.62. The Kier molecular flexibility index (Phi) is 3.01. The van der Waals surface area contributed by atoms with Gasteiger partial charge in [0.1, 0.15) is 5.82 Å². The summed E-state index contributed by atoms with van der Waals surface area (Å²) in [5, 5.41) is 0.557. The quantitative estimate of drug-likeness (QED) is 0.854. The number of nitrogens with two attached hydrogens (primary N) is 1. The first-order chi connectivity index (χ1) is 7.56. The number of nitrogen functional groups attached to an aromatic ring is 1. The topological polar surface area (TPSA) is 59.2 Å². The molecule has 0 radical (unpaired) electrons. The second kappa shape index (κ2) is 4.29. The monoisotopic (exact) mass is 239 g/mol. The third-order valence-electron chi connectivity index (χ3n) is 2.69. The van der Waals surface area contributed by atoms with Crippen molar-refractivity contribution in [2.75, 3.05) is 12.3 Å². The van der Waals surface area contributed by atoms with Gasteiger partial charge in [-0.25, -0.2) is 4.98 Å². The fraction of sp³-hybridized carbons (Fsp3) is 0.455. The standard InChI is InChI=1S/C11H14ClN3O/c1-7-4-11(16)15(5-7)6-9-8(12)2-3-10(13)14-9/h2-3,7H,4-6H2,1H3,(H2,13,14). The summed E-state index contributed by atoms with van der Waals surface area (Å²) in [6, 6.07) is 3.36. The van der Waals surface area contributed by atoms with Crippen LogP contribution in [-0.2, 0) is 11.3 Å². The van der Waals surface area contributed by atoms with E-state index in [-0.39, 0.29) is 5.91 Å². The summed E-state index contributed by atoms with van der Waals surface area (Å²) >= 11 is 6.00. The molecule has 0 aliphatic carbocycles. The van der Waals surface area contributed by atoms with Gasteiger partial charge in [-0.05, 0) is 18.1 Å². The molecule has 86 valence electrons. The molecule has 4 nitrogen and oxygen atoms in total. The number of rotatable bonds is 2. The van der Waals surface area contributed by atoms with Crippen LogP contribution in [0.25, 0.3) is 0 Å². The van der Waals surface area contributed by atoms with Gasteiger partial charge in [-0.15, -0.1) is 0 Å². The molecule has 1 aliphatic rings. The van der Waals surface area contributed by atoms with Crippen LogP contribution in [-0.4, -0.2) is 22.3 Å². The molecule has 1 aromatic heterocycles. The predicted molar refractivity (Wildman–Crippen MR) is 62.9 cm³/mol. The lowest BCUT2D eigenvalue weighted by atomic mass is 10.2. The molecule has 0 saturated carbocycles. The molecular formula is C11H14ClN3O. The molecule has 0 spiro atoms. The van der Waals surface area contributed by atoms with Crippen LogP contribution in [0.4, 0.5) is 5.82 Å².